The van der Waals surface area contributed by atoms with Crippen molar-refractivity contribution in [2.75, 3.05) is 6.61 Å². The Morgan fingerprint density at radius 3 is 2.09 bits per heavy atom. The first kappa shape index (κ1) is 45.0. The second-order valence-corrected chi connectivity index (χ2v) is 17.7. The third kappa shape index (κ3) is 7.72. The molecular formula is C41H57NO16. The number of nitrogens with one attached hydrogen (secondary N) is 1. The van der Waals surface area contributed by atoms with Gasteiger partial charge in [0.05, 0.1) is 36.3 Å². The number of aliphatic hydroxyl groups is 5. The molecule has 6 N–H and O–H groups in total. The van der Waals surface area contributed by atoms with Gasteiger partial charge in [-0.25, -0.2) is 14.4 Å². The number of rotatable bonds is 9. The van der Waals surface area contributed by atoms with Crippen LogP contribution in [0.1, 0.15) is 92.4 Å². The molecular weight excluding hydrogens is 762 g/mol. The van der Waals surface area contributed by atoms with E-state index in [0.29, 0.717) is 0 Å². The van der Waals surface area contributed by atoms with E-state index in [9.17, 15) is 49.5 Å². The van der Waals surface area contributed by atoms with Crippen molar-refractivity contribution in [1.82, 2.24) is 5.32 Å². The number of fused-ring (bicyclic) bond motifs is 5. The van der Waals surface area contributed by atoms with E-state index in [-0.39, 0.29) is 29.7 Å². The highest BCUT2D eigenvalue weighted by Gasteiger charge is 2.78. The van der Waals surface area contributed by atoms with Gasteiger partial charge in [-0.15, -0.1) is 0 Å². The molecule has 58 heavy (non-hydrogen) atoms. The van der Waals surface area contributed by atoms with Crippen LogP contribution in [0, 0.1) is 16.7 Å². The van der Waals surface area contributed by atoms with E-state index in [0.717, 1.165) is 13.8 Å². The van der Waals surface area contributed by atoms with Crippen molar-refractivity contribution in [3.05, 3.63) is 47.0 Å². The molecule has 5 rings (SSSR count). The zero-order valence-corrected chi connectivity index (χ0v) is 34.5. The van der Waals surface area contributed by atoms with E-state index in [1.807, 2.05) is 0 Å². The molecule has 0 radical (unpaired) electrons. The number of hydrogen-bond donors (Lipinski definition) is 6. The number of aliphatic hydroxyl groups excluding tert-OH is 4. The van der Waals surface area contributed by atoms with Gasteiger partial charge in [-0.05, 0) is 57.9 Å². The van der Waals surface area contributed by atoms with E-state index in [2.05, 4.69) is 5.32 Å². The number of carbonyl (C=O) groups is 5. The summed E-state index contributed by atoms with van der Waals surface area (Å²) in [5.74, 6) is -5.38. The number of amides is 1. The molecule has 3 fully saturated rings. The molecule has 0 unspecified atom stereocenters. The van der Waals surface area contributed by atoms with Crippen molar-refractivity contribution < 1.29 is 77.9 Å². The lowest BCUT2D eigenvalue weighted by atomic mass is 9.44. The zero-order chi connectivity index (χ0) is 43.5. The summed E-state index contributed by atoms with van der Waals surface area (Å²) < 4.78 is 35.3. The van der Waals surface area contributed by atoms with Gasteiger partial charge >= 0.3 is 30.0 Å². The Morgan fingerprint density at radius 1 is 0.948 bits per heavy atom. The highest BCUT2D eigenvalue weighted by molar-refractivity contribution is 5.89. The average Bonchev–Trinajstić information content (AvgIpc) is 3.10. The summed E-state index contributed by atoms with van der Waals surface area (Å²) in [5.41, 5.74) is -8.27. The smallest absolute Gasteiger partial charge is 0.408 e. The Kier molecular flexibility index (Phi) is 12.3. The molecule has 3 aliphatic carbocycles. The van der Waals surface area contributed by atoms with Gasteiger partial charge in [0.2, 0.25) is 0 Å². The van der Waals surface area contributed by atoms with Crippen LogP contribution in [0.4, 0.5) is 4.79 Å². The fourth-order valence-electron chi connectivity index (χ4n) is 9.52. The van der Waals surface area contributed by atoms with Crippen molar-refractivity contribution in [3.63, 3.8) is 0 Å². The lowest BCUT2D eigenvalue weighted by Gasteiger charge is -2.69. The Hall–Kier alpha value is -4.13. The topological polar surface area (TPSA) is 254 Å². The molecule has 1 amide bonds. The maximum absolute atomic E-state index is 14.2. The van der Waals surface area contributed by atoms with Crippen molar-refractivity contribution in [2.45, 2.75) is 154 Å². The first-order valence-electron chi connectivity index (χ1n) is 19.3. The van der Waals surface area contributed by atoms with Gasteiger partial charge in [-0.2, -0.15) is 0 Å². The van der Waals surface area contributed by atoms with Crippen LogP contribution >= 0.6 is 0 Å². The number of esters is 4. The molecule has 17 heteroatoms. The van der Waals surface area contributed by atoms with E-state index >= 15 is 0 Å². The lowest BCUT2D eigenvalue weighted by Crippen LogP contribution is -2.82. The van der Waals surface area contributed by atoms with Crippen LogP contribution in [0.2, 0.25) is 0 Å². The molecule has 1 heterocycles. The predicted octanol–water partition coefficient (Wildman–Crippen LogP) is 1.63. The van der Waals surface area contributed by atoms with E-state index < -0.39 is 125 Å². The molecule has 0 spiro atoms. The first-order chi connectivity index (χ1) is 26.7. The normalized spacial score (nSPS) is 35.5. The van der Waals surface area contributed by atoms with Gasteiger partial charge < -0.3 is 59.3 Å². The van der Waals surface area contributed by atoms with Crippen molar-refractivity contribution in [1.29, 1.82) is 0 Å². The Bertz CT molecular complexity index is 1810. The fraction of sp³-hybridized carbons (Fsp3) is 0.683. The standard InChI is InChI=1S/C41H57NO16/c1-19-24(55-35(50)29(47)28(20(2)43)42-36(51)58-37(5,6)7)17-41(52)33(56-34(49)23-14-12-11-13-15-23)31-39(10,25(46)16-26-40(31,18-53-26)57-22(4)45)32(48)30(54-21(3)44)27(19)38(41,8)9/h11-15,20,24-26,28-33,43,46-48,52H,16-18H2,1-10H3,(H,42,51)/t20-,24+,25+,26-,28+,29-,30-,31+,32+,33+,39-,40+,41-/m1/s1. The lowest BCUT2D eigenvalue weighted by molar-refractivity contribution is -0.365. The molecule has 0 aromatic heterocycles. The van der Waals surface area contributed by atoms with E-state index in [4.69, 9.17) is 28.4 Å². The molecule has 1 aromatic rings. The summed E-state index contributed by atoms with van der Waals surface area (Å²) in [6, 6.07) is 6.18. The van der Waals surface area contributed by atoms with Crippen LogP contribution in [0.25, 0.3) is 0 Å². The number of benzene rings is 1. The van der Waals surface area contributed by atoms with Crippen LogP contribution in [-0.2, 0) is 42.8 Å². The minimum atomic E-state index is -2.38. The van der Waals surface area contributed by atoms with Gasteiger partial charge in [-0.1, -0.05) is 39.0 Å². The molecule has 322 valence electrons. The summed E-state index contributed by atoms with van der Waals surface area (Å²) in [6.45, 7) is 14.1. The molecule has 4 aliphatic rings. The van der Waals surface area contributed by atoms with Gasteiger partial charge in [-0.3, -0.25) is 9.59 Å². The van der Waals surface area contributed by atoms with Gasteiger partial charge in [0.25, 0.3) is 0 Å². The number of hydrogen-bond acceptors (Lipinski definition) is 16. The predicted molar refractivity (Wildman–Crippen MR) is 200 cm³/mol. The highest BCUT2D eigenvalue weighted by atomic mass is 16.6. The maximum atomic E-state index is 14.2. The molecule has 2 saturated carbocycles. The summed E-state index contributed by atoms with van der Waals surface area (Å²) >= 11 is 0. The highest BCUT2D eigenvalue weighted by Crippen LogP contribution is 2.65. The van der Waals surface area contributed by atoms with Crippen LogP contribution in [0.3, 0.4) is 0 Å². The van der Waals surface area contributed by atoms with Crippen LogP contribution in [0.5, 0.6) is 0 Å². The number of ether oxygens (including phenoxy) is 6. The summed E-state index contributed by atoms with van der Waals surface area (Å²) in [5, 5.41) is 62.3. The van der Waals surface area contributed by atoms with Gasteiger partial charge in [0.1, 0.15) is 35.6 Å². The van der Waals surface area contributed by atoms with Gasteiger partial charge in [0.15, 0.2) is 17.8 Å². The first-order valence-corrected chi connectivity index (χ1v) is 19.3. The van der Waals surface area contributed by atoms with Gasteiger partial charge in [0, 0.05) is 37.5 Å². The largest absolute Gasteiger partial charge is 0.456 e. The summed E-state index contributed by atoms with van der Waals surface area (Å²) in [6.07, 6.45) is -14.8. The second-order valence-electron chi connectivity index (χ2n) is 17.7. The van der Waals surface area contributed by atoms with E-state index in [1.54, 1.807) is 52.8 Å². The van der Waals surface area contributed by atoms with Crippen molar-refractivity contribution in [3.8, 4) is 0 Å². The SMILES string of the molecule is CC(=O)O[C@@H]1C2=C(C)[C@@H](OC(=O)[C@H](O)[C@@H](NC(=O)OC(C)(C)C)[C@@H](C)O)C[C@@](O)([C@@H](OC(=O)c3ccccc3)[C@@H]3[C@]4(OC(C)=O)CO[C@@H]4C[C@H](O)[C@@]3(C)[C@H]1O)C2(C)C. The van der Waals surface area contributed by atoms with Crippen molar-refractivity contribution >= 4 is 30.0 Å². The average molecular weight is 820 g/mol. The Morgan fingerprint density at radius 2 is 1.57 bits per heavy atom. The quantitative estimate of drug-likeness (QED) is 0.118. The minimum absolute atomic E-state index is 0.0522. The molecule has 13 atom stereocenters. The molecule has 2 bridgehead atoms. The molecule has 1 aliphatic heterocycles. The molecule has 1 aromatic carbocycles. The minimum Gasteiger partial charge on any atom is -0.456 e. The third-order valence-corrected chi connectivity index (χ3v) is 12.5. The summed E-state index contributed by atoms with van der Waals surface area (Å²) in [4.78, 5) is 66.5. The van der Waals surface area contributed by atoms with Crippen LogP contribution in [-0.4, -0.2) is 134 Å². The van der Waals surface area contributed by atoms with E-state index in [1.165, 1.54) is 32.9 Å². The Labute approximate surface area is 337 Å². The van der Waals surface area contributed by atoms with Crippen LogP contribution in [0.15, 0.2) is 41.5 Å². The second kappa shape index (κ2) is 15.8. The summed E-state index contributed by atoms with van der Waals surface area (Å²) in [7, 11) is 0. The Balaban J connectivity index is 1.72. The third-order valence-electron chi connectivity index (χ3n) is 12.5. The van der Waals surface area contributed by atoms with Crippen LogP contribution < -0.4 is 5.32 Å². The monoisotopic (exact) mass is 819 g/mol. The molecule has 17 nitrogen and oxygen atoms in total. The van der Waals surface area contributed by atoms with Crippen molar-refractivity contribution in [2.24, 2.45) is 16.7 Å². The maximum Gasteiger partial charge on any atom is 0.408 e. The molecule has 1 saturated heterocycles. The fourth-order valence-corrected chi connectivity index (χ4v) is 9.52. The number of carbonyl (C=O) groups excluding carboxylic acids is 5. The zero-order valence-electron chi connectivity index (χ0n) is 34.5. The number of alkyl carbamates (subject to hydrolysis) is 1.